The van der Waals surface area contributed by atoms with E-state index in [0.29, 0.717) is 5.92 Å². The first-order chi connectivity index (χ1) is 7.75. The second-order valence-electron chi connectivity index (χ2n) is 4.61. The quantitative estimate of drug-likeness (QED) is 0.857. The van der Waals surface area contributed by atoms with Gasteiger partial charge in [-0.1, -0.05) is 19.0 Å². The van der Waals surface area contributed by atoms with Crippen molar-refractivity contribution in [1.29, 1.82) is 0 Å². The van der Waals surface area contributed by atoms with Crippen molar-refractivity contribution in [2.45, 2.75) is 38.5 Å². The highest BCUT2D eigenvalue weighted by molar-refractivity contribution is 7.98. The van der Waals surface area contributed by atoms with E-state index in [0.717, 1.165) is 36.2 Å². The molecular weight excluding hydrogens is 222 g/mol. The lowest BCUT2D eigenvalue weighted by atomic mass is 10.2. The van der Waals surface area contributed by atoms with Gasteiger partial charge in [-0.3, -0.25) is 0 Å². The molecule has 5 heteroatoms. The third-order valence-corrected chi connectivity index (χ3v) is 3.89. The molecule has 0 radical (unpaired) electrons. The smallest absolute Gasteiger partial charge is 0.243 e. The van der Waals surface area contributed by atoms with Crippen molar-refractivity contribution < 1.29 is 4.52 Å². The van der Waals surface area contributed by atoms with Crippen LogP contribution in [0.1, 0.15) is 44.4 Å². The number of aromatic nitrogens is 2. The summed E-state index contributed by atoms with van der Waals surface area (Å²) in [5.74, 6) is 4.31. The molecule has 0 aliphatic carbocycles. The lowest BCUT2D eigenvalue weighted by molar-refractivity contribution is 0.342. The highest BCUT2D eigenvalue weighted by Crippen LogP contribution is 2.22. The van der Waals surface area contributed by atoms with E-state index < -0.39 is 0 Å². The van der Waals surface area contributed by atoms with Crippen LogP contribution in [0.2, 0.25) is 0 Å². The van der Waals surface area contributed by atoms with Gasteiger partial charge < -0.3 is 9.84 Å². The molecule has 1 atom stereocenters. The first-order valence-corrected chi connectivity index (χ1v) is 7.05. The standard InChI is InChI=1S/C11H19N3OS/c1-8(2)6-16-7-10-13-11(15-14-10)9-4-3-5-12-9/h8-9,12H,3-7H2,1-2H3/t9-/m0/s1. The average molecular weight is 241 g/mol. The van der Waals surface area contributed by atoms with Crippen LogP contribution in [0.25, 0.3) is 0 Å². The highest BCUT2D eigenvalue weighted by atomic mass is 32.2. The zero-order valence-electron chi connectivity index (χ0n) is 9.90. The van der Waals surface area contributed by atoms with Crippen LogP contribution in [0, 0.1) is 5.92 Å². The van der Waals surface area contributed by atoms with Crippen LogP contribution in [0.3, 0.4) is 0 Å². The molecule has 2 heterocycles. The molecule has 0 unspecified atom stereocenters. The summed E-state index contributed by atoms with van der Waals surface area (Å²) in [5.41, 5.74) is 0. The summed E-state index contributed by atoms with van der Waals surface area (Å²) in [6.07, 6.45) is 2.31. The van der Waals surface area contributed by atoms with Crippen LogP contribution in [-0.2, 0) is 5.75 Å². The van der Waals surface area contributed by atoms with E-state index >= 15 is 0 Å². The summed E-state index contributed by atoms with van der Waals surface area (Å²) in [7, 11) is 0. The fourth-order valence-electron chi connectivity index (χ4n) is 1.75. The summed E-state index contributed by atoms with van der Waals surface area (Å²) in [6.45, 7) is 5.50. The molecule has 0 saturated carbocycles. The maximum Gasteiger partial charge on any atom is 0.243 e. The fourth-order valence-corrected chi connectivity index (χ4v) is 2.64. The lowest BCUT2D eigenvalue weighted by Gasteiger charge is -2.02. The van der Waals surface area contributed by atoms with Crippen molar-refractivity contribution in [2.24, 2.45) is 5.92 Å². The van der Waals surface area contributed by atoms with Crippen molar-refractivity contribution in [3.05, 3.63) is 11.7 Å². The van der Waals surface area contributed by atoms with Crippen LogP contribution >= 0.6 is 11.8 Å². The van der Waals surface area contributed by atoms with Gasteiger partial charge in [-0.15, -0.1) is 0 Å². The number of thioether (sulfide) groups is 1. The SMILES string of the molecule is CC(C)CSCc1noc([C@@H]2CCCN2)n1. The minimum absolute atomic E-state index is 0.288. The van der Waals surface area contributed by atoms with Crippen LogP contribution < -0.4 is 5.32 Å². The molecule has 0 spiro atoms. The largest absolute Gasteiger partial charge is 0.338 e. The molecule has 1 aromatic rings. The molecule has 1 fully saturated rings. The van der Waals surface area contributed by atoms with Gasteiger partial charge in [-0.2, -0.15) is 16.7 Å². The first kappa shape index (κ1) is 11.9. The van der Waals surface area contributed by atoms with Gasteiger partial charge in [-0.25, -0.2) is 0 Å². The van der Waals surface area contributed by atoms with E-state index in [9.17, 15) is 0 Å². The minimum atomic E-state index is 0.288. The summed E-state index contributed by atoms with van der Waals surface area (Å²) >= 11 is 1.86. The maximum absolute atomic E-state index is 5.27. The molecule has 1 aliphatic rings. The molecule has 0 amide bonds. The van der Waals surface area contributed by atoms with Gasteiger partial charge in [0.05, 0.1) is 11.8 Å². The van der Waals surface area contributed by atoms with Crippen molar-refractivity contribution in [3.8, 4) is 0 Å². The van der Waals surface area contributed by atoms with Crippen LogP contribution in [0.5, 0.6) is 0 Å². The Labute approximate surface area is 101 Å². The lowest BCUT2D eigenvalue weighted by Crippen LogP contribution is -2.13. The molecular formula is C11H19N3OS. The Morgan fingerprint density at radius 3 is 3.12 bits per heavy atom. The van der Waals surface area contributed by atoms with Crippen LogP contribution in [0.4, 0.5) is 0 Å². The zero-order chi connectivity index (χ0) is 11.4. The van der Waals surface area contributed by atoms with E-state index in [-0.39, 0.29) is 6.04 Å². The molecule has 1 aliphatic heterocycles. The predicted molar refractivity (Wildman–Crippen MR) is 65.3 cm³/mol. The summed E-state index contributed by atoms with van der Waals surface area (Å²) < 4.78 is 5.27. The van der Waals surface area contributed by atoms with Gasteiger partial charge in [0.25, 0.3) is 0 Å². The Morgan fingerprint density at radius 1 is 1.56 bits per heavy atom. The molecule has 1 N–H and O–H groups in total. The molecule has 0 bridgehead atoms. The van der Waals surface area contributed by atoms with Crippen molar-refractivity contribution in [2.75, 3.05) is 12.3 Å². The number of hydrogen-bond acceptors (Lipinski definition) is 5. The van der Waals surface area contributed by atoms with E-state index in [1.807, 2.05) is 11.8 Å². The molecule has 90 valence electrons. The maximum atomic E-state index is 5.27. The third-order valence-electron chi connectivity index (χ3n) is 2.52. The fraction of sp³-hybridized carbons (Fsp3) is 0.818. The van der Waals surface area contributed by atoms with Crippen molar-refractivity contribution in [1.82, 2.24) is 15.5 Å². The van der Waals surface area contributed by atoms with Gasteiger partial charge in [0, 0.05) is 0 Å². The van der Waals surface area contributed by atoms with E-state index in [1.54, 1.807) is 0 Å². The van der Waals surface area contributed by atoms with Gasteiger partial charge in [-0.05, 0) is 31.1 Å². The van der Waals surface area contributed by atoms with Gasteiger partial charge in [0.1, 0.15) is 0 Å². The molecule has 0 aromatic carbocycles. The second-order valence-corrected chi connectivity index (χ2v) is 5.64. The molecule has 1 saturated heterocycles. The Kier molecular flexibility index (Phi) is 4.23. The Morgan fingerprint density at radius 2 is 2.44 bits per heavy atom. The van der Waals surface area contributed by atoms with Crippen molar-refractivity contribution in [3.63, 3.8) is 0 Å². The van der Waals surface area contributed by atoms with Crippen molar-refractivity contribution >= 4 is 11.8 Å². The first-order valence-electron chi connectivity index (χ1n) is 5.89. The monoisotopic (exact) mass is 241 g/mol. The topological polar surface area (TPSA) is 51.0 Å². The normalized spacial score (nSPS) is 20.8. The summed E-state index contributed by atoms with van der Waals surface area (Å²) in [6, 6.07) is 0.288. The van der Waals surface area contributed by atoms with E-state index in [1.165, 1.54) is 6.42 Å². The Bertz CT molecular complexity index is 321. The minimum Gasteiger partial charge on any atom is -0.338 e. The highest BCUT2D eigenvalue weighted by Gasteiger charge is 2.22. The predicted octanol–water partition coefficient (Wildman–Crippen LogP) is 2.38. The number of nitrogens with zero attached hydrogens (tertiary/aromatic N) is 2. The van der Waals surface area contributed by atoms with Crippen LogP contribution in [0.15, 0.2) is 4.52 Å². The Hall–Kier alpha value is -0.550. The Balaban J connectivity index is 1.82. The number of nitrogens with one attached hydrogen (secondary N) is 1. The molecule has 1 aromatic heterocycles. The van der Waals surface area contributed by atoms with Crippen LogP contribution in [-0.4, -0.2) is 22.4 Å². The zero-order valence-corrected chi connectivity index (χ0v) is 10.7. The molecule has 16 heavy (non-hydrogen) atoms. The molecule has 4 nitrogen and oxygen atoms in total. The summed E-state index contributed by atoms with van der Waals surface area (Å²) in [5, 5.41) is 7.37. The van der Waals surface area contributed by atoms with Gasteiger partial charge in [0.15, 0.2) is 5.82 Å². The second kappa shape index (κ2) is 5.68. The van der Waals surface area contributed by atoms with E-state index in [2.05, 4.69) is 29.3 Å². The summed E-state index contributed by atoms with van der Waals surface area (Å²) in [4.78, 5) is 4.43. The van der Waals surface area contributed by atoms with Gasteiger partial charge >= 0.3 is 0 Å². The number of hydrogen-bond donors (Lipinski definition) is 1. The van der Waals surface area contributed by atoms with Gasteiger partial charge in [0.2, 0.25) is 5.89 Å². The molecule has 2 rings (SSSR count). The average Bonchev–Trinajstić information content (AvgIpc) is 2.85. The third kappa shape index (κ3) is 3.22. The number of rotatable bonds is 5. The van der Waals surface area contributed by atoms with E-state index in [4.69, 9.17) is 4.52 Å².